The van der Waals surface area contributed by atoms with Gasteiger partial charge in [-0.2, -0.15) is 0 Å². The van der Waals surface area contributed by atoms with E-state index in [4.69, 9.17) is 0 Å². The summed E-state index contributed by atoms with van der Waals surface area (Å²) in [6, 6.07) is 110. The van der Waals surface area contributed by atoms with Crippen molar-refractivity contribution in [2.75, 3.05) is 9.80 Å². The SMILES string of the molecule is CC(C)(C)c1cc(-c2cc(C(C)(C)C)cc(-c3ccccc3)c2N2c3cc(-n4c5ccccc5c5ccccc54)ccc3B3c4ccc(-n5c6ccc7cccc8c9cccc%10ccc5c(c%109)c6c78)cc4N(c4c(-c5ccccc5)cc(C(C)(C)C)cc4-c4cc(C(C)(C)C)cc(C(C)(C)C)c4)c4cc(C(C)(C)C)cc2c43)cc(C(C)(C)C)c1. The molecular weight excluding hydrogens is 1440 g/mol. The van der Waals surface area contributed by atoms with Crippen molar-refractivity contribution in [3.63, 3.8) is 0 Å². The summed E-state index contributed by atoms with van der Waals surface area (Å²) in [5.41, 5.74) is 34.7. The minimum atomic E-state index is -0.377. The highest BCUT2D eigenvalue weighted by Crippen LogP contribution is 2.58. The second-order valence-corrected chi connectivity index (χ2v) is 41.9. The van der Waals surface area contributed by atoms with Crippen molar-refractivity contribution in [1.29, 1.82) is 0 Å². The molecule has 2 aliphatic rings. The number of fused-ring (bicyclic) bond motifs is 8. The molecule has 0 N–H and O–H groups in total. The van der Waals surface area contributed by atoms with Gasteiger partial charge in [-0.05, 0) is 233 Å². The van der Waals surface area contributed by atoms with E-state index in [0.29, 0.717) is 0 Å². The molecule has 588 valence electrons. The maximum atomic E-state index is 2.82. The van der Waals surface area contributed by atoms with Crippen LogP contribution in [0.3, 0.4) is 0 Å². The lowest BCUT2D eigenvalue weighted by atomic mass is 9.33. The van der Waals surface area contributed by atoms with Gasteiger partial charge in [-0.3, -0.25) is 0 Å². The number of aromatic nitrogens is 2. The van der Waals surface area contributed by atoms with Crippen molar-refractivity contribution >= 4 is 133 Å². The van der Waals surface area contributed by atoms with Crippen molar-refractivity contribution in [3.05, 3.63) is 318 Å². The van der Waals surface area contributed by atoms with E-state index in [1.165, 1.54) is 176 Å². The fourth-order valence-electron chi connectivity index (χ4n) is 19.9. The Labute approximate surface area is 704 Å². The smallest absolute Gasteiger partial charge is 0.252 e. The van der Waals surface area contributed by atoms with Crippen LogP contribution in [0.25, 0.3) is 132 Å². The van der Waals surface area contributed by atoms with E-state index in [0.717, 1.165) is 45.3 Å². The maximum absolute atomic E-state index is 2.82. The molecule has 0 amide bonds. The fourth-order valence-corrected chi connectivity index (χ4v) is 19.9. The van der Waals surface area contributed by atoms with E-state index in [1.807, 2.05) is 0 Å². The fraction of sp³-hybridized carbons (Fsp3) is 0.246. The van der Waals surface area contributed by atoms with Gasteiger partial charge in [0.25, 0.3) is 6.71 Å². The summed E-state index contributed by atoms with van der Waals surface area (Å²) in [7, 11) is 0. The van der Waals surface area contributed by atoms with E-state index in [9.17, 15) is 0 Å². The van der Waals surface area contributed by atoms with Crippen LogP contribution in [0.5, 0.6) is 0 Å². The molecule has 0 saturated carbocycles. The number of anilines is 6. The standard InChI is InChI=1S/C114H109BN4/c1-108(2,3)74-54-72(55-75(58-74)109(4,5)6)89-62-78(112(13,14)15)60-87(68-34-24-22-25-35-68)106(89)118-97-66-81(116-93-44-30-28-40-83(93)84-41-29-31-45-94(84)116)48-50-91(97)115-92-51-49-82(117-95-52-46-70-38-32-42-85-86-43-33-39-71-47-53-96(117)104(102(71)86)103(95)101(70)85)67-98(92)119(100-65-80(114(19,20)21)64-99(118)105(100)115)107-88(69-36-26-23-27-37-69)61-79(113(16,17)18)63-90(107)73-56-76(110(7,8)9)59-77(57-73)111(10,11)12/h22-67H,1-21H3. The van der Waals surface area contributed by atoms with Crippen LogP contribution in [0.2, 0.25) is 0 Å². The predicted molar refractivity (Wildman–Crippen MR) is 517 cm³/mol. The first-order valence-corrected chi connectivity index (χ1v) is 43.2. The highest BCUT2D eigenvalue weighted by molar-refractivity contribution is 7.00. The zero-order valence-corrected chi connectivity index (χ0v) is 73.4. The van der Waals surface area contributed by atoms with Gasteiger partial charge >= 0.3 is 0 Å². The van der Waals surface area contributed by atoms with Crippen LogP contribution in [-0.4, -0.2) is 15.8 Å². The number of hydrogen-bond donors (Lipinski definition) is 0. The van der Waals surface area contributed by atoms with Gasteiger partial charge in [0.15, 0.2) is 0 Å². The summed E-state index contributed by atoms with van der Waals surface area (Å²) < 4.78 is 5.16. The van der Waals surface area contributed by atoms with Gasteiger partial charge < -0.3 is 18.9 Å². The Morgan fingerprint density at radius 2 is 0.529 bits per heavy atom. The Bertz CT molecular complexity index is 6970. The number of nitrogens with zero attached hydrogens (tertiary/aromatic N) is 4. The van der Waals surface area contributed by atoms with Gasteiger partial charge in [-0.1, -0.05) is 340 Å². The molecule has 16 aromatic carbocycles. The van der Waals surface area contributed by atoms with Crippen molar-refractivity contribution in [3.8, 4) is 55.9 Å². The Balaban J connectivity index is 0.999. The quantitative estimate of drug-likeness (QED) is 0.0856. The molecule has 0 saturated heterocycles. The lowest BCUT2D eigenvalue weighted by Crippen LogP contribution is -2.61. The number of benzene rings is 16. The van der Waals surface area contributed by atoms with Crippen LogP contribution in [0.4, 0.5) is 34.1 Å². The first-order chi connectivity index (χ1) is 56.4. The largest absolute Gasteiger partial charge is 0.310 e. The maximum Gasteiger partial charge on any atom is 0.252 e. The lowest BCUT2D eigenvalue weighted by Gasteiger charge is -2.47. The minimum Gasteiger partial charge on any atom is -0.310 e. The second kappa shape index (κ2) is 26.3. The molecular formula is C114H109BN4. The third-order valence-electron chi connectivity index (χ3n) is 26.6. The molecule has 0 bridgehead atoms. The molecule has 4 heterocycles. The Morgan fingerprint density at radius 1 is 0.218 bits per heavy atom. The molecule has 0 aliphatic carbocycles. The Hall–Kier alpha value is -11.9. The average molecular weight is 1550 g/mol. The third kappa shape index (κ3) is 12.1. The van der Waals surface area contributed by atoms with Gasteiger partial charge in [0, 0.05) is 77.9 Å². The summed E-state index contributed by atoms with van der Waals surface area (Å²) >= 11 is 0. The van der Waals surface area contributed by atoms with Gasteiger partial charge in [-0.25, -0.2) is 0 Å². The van der Waals surface area contributed by atoms with Crippen LogP contribution in [0, 0.1) is 0 Å². The zero-order valence-electron chi connectivity index (χ0n) is 73.4. The summed E-state index contributed by atoms with van der Waals surface area (Å²) in [6.45, 7) is 50.1. The molecule has 18 aromatic rings. The van der Waals surface area contributed by atoms with Crippen LogP contribution in [-0.2, 0) is 37.9 Å². The molecule has 119 heavy (non-hydrogen) atoms. The number of hydrogen-bond acceptors (Lipinski definition) is 2. The average Bonchev–Trinajstić information content (AvgIpc) is 1.66. The zero-order chi connectivity index (χ0) is 83.0. The normalized spacial score (nSPS) is 13.7. The van der Waals surface area contributed by atoms with Gasteiger partial charge in [0.1, 0.15) is 0 Å². The van der Waals surface area contributed by atoms with Gasteiger partial charge in [-0.15, -0.1) is 0 Å². The first kappa shape index (κ1) is 75.8. The molecule has 0 fully saturated rings. The van der Waals surface area contributed by atoms with Crippen molar-refractivity contribution in [2.24, 2.45) is 0 Å². The molecule has 2 aliphatic heterocycles. The molecule has 4 nitrogen and oxygen atoms in total. The topological polar surface area (TPSA) is 16.3 Å². The van der Waals surface area contributed by atoms with Crippen molar-refractivity contribution in [1.82, 2.24) is 9.13 Å². The van der Waals surface area contributed by atoms with E-state index >= 15 is 0 Å². The third-order valence-corrected chi connectivity index (χ3v) is 26.6. The highest BCUT2D eigenvalue weighted by atomic mass is 15.2. The molecule has 0 spiro atoms. The van der Waals surface area contributed by atoms with Crippen LogP contribution >= 0.6 is 0 Å². The monoisotopic (exact) mass is 1540 g/mol. The summed E-state index contributed by atoms with van der Waals surface area (Å²) in [5, 5.41) is 12.9. The molecule has 5 heteroatoms. The van der Waals surface area contributed by atoms with Crippen molar-refractivity contribution in [2.45, 2.75) is 183 Å². The molecule has 2 aromatic heterocycles. The predicted octanol–water partition coefficient (Wildman–Crippen LogP) is 30.0. The summed E-state index contributed by atoms with van der Waals surface area (Å²) in [6.07, 6.45) is 0. The van der Waals surface area contributed by atoms with Gasteiger partial charge in [0.2, 0.25) is 0 Å². The molecule has 0 atom stereocenters. The minimum absolute atomic E-state index is 0.170. The van der Waals surface area contributed by atoms with E-state index in [-0.39, 0.29) is 44.6 Å². The van der Waals surface area contributed by atoms with E-state index in [1.54, 1.807) is 0 Å². The van der Waals surface area contributed by atoms with Crippen LogP contribution in [0.15, 0.2) is 279 Å². The number of para-hydroxylation sites is 2. The van der Waals surface area contributed by atoms with Crippen molar-refractivity contribution < 1.29 is 0 Å². The Morgan fingerprint density at radius 3 is 0.891 bits per heavy atom. The Kier molecular flexibility index (Phi) is 16.7. The molecule has 20 rings (SSSR count). The number of rotatable bonds is 8. The summed E-state index contributed by atoms with van der Waals surface area (Å²) in [4.78, 5) is 5.63. The lowest BCUT2D eigenvalue weighted by molar-refractivity contribution is 0.568. The van der Waals surface area contributed by atoms with E-state index < -0.39 is 0 Å². The first-order valence-electron chi connectivity index (χ1n) is 43.2. The van der Waals surface area contributed by atoms with E-state index in [2.05, 4.69) is 443 Å². The highest BCUT2D eigenvalue weighted by Gasteiger charge is 2.47. The second-order valence-electron chi connectivity index (χ2n) is 41.9. The van der Waals surface area contributed by atoms with Crippen LogP contribution in [0.1, 0.15) is 184 Å². The molecule has 0 radical (unpaired) electrons. The molecule has 0 unspecified atom stereocenters. The summed E-state index contributed by atoms with van der Waals surface area (Å²) in [5.74, 6) is 0. The van der Waals surface area contributed by atoms with Gasteiger partial charge in [0.05, 0.1) is 33.4 Å². The van der Waals surface area contributed by atoms with Crippen LogP contribution < -0.4 is 26.2 Å².